The lowest BCUT2D eigenvalue weighted by Crippen LogP contribution is -2.09. The highest BCUT2D eigenvalue weighted by Gasteiger charge is 2.11. The van der Waals surface area contributed by atoms with Gasteiger partial charge in [0.05, 0.1) is 5.39 Å². The van der Waals surface area contributed by atoms with Gasteiger partial charge in [0.2, 0.25) is 0 Å². The first-order valence-electron chi connectivity index (χ1n) is 4.50. The average Bonchev–Trinajstić information content (AvgIpc) is 2.47. The molecule has 4 heteroatoms. The maximum absolute atomic E-state index is 4.47. The number of hydrogen-bond donors (Lipinski definition) is 0. The van der Waals surface area contributed by atoms with Gasteiger partial charge in [-0.15, -0.1) is 0 Å². The van der Waals surface area contributed by atoms with Crippen molar-refractivity contribution in [1.82, 2.24) is 9.36 Å². The third-order valence-corrected chi connectivity index (χ3v) is 2.91. The fourth-order valence-corrected chi connectivity index (χ4v) is 2.53. The van der Waals surface area contributed by atoms with Crippen molar-refractivity contribution in [3.8, 4) is 0 Å². The second kappa shape index (κ2) is 3.20. The Morgan fingerprint density at radius 3 is 2.64 bits per heavy atom. The fraction of sp³-hybridized carbons (Fsp3) is 0.400. The summed E-state index contributed by atoms with van der Waals surface area (Å²) in [5, 5.41) is 1.19. The minimum absolute atomic E-state index is 1.02. The highest BCUT2D eigenvalue weighted by molar-refractivity contribution is 7.13. The number of nitrogens with zero attached hydrogens (tertiary/aromatic N) is 3. The summed E-state index contributed by atoms with van der Waals surface area (Å²) < 4.78 is 4.40. The van der Waals surface area contributed by atoms with Crippen molar-refractivity contribution < 1.29 is 0 Å². The maximum atomic E-state index is 4.47. The number of anilines is 1. The van der Waals surface area contributed by atoms with Gasteiger partial charge in [-0.3, -0.25) is 0 Å². The van der Waals surface area contributed by atoms with Crippen molar-refractivity contribution in [2.75, 3.05) is 19.0 Å². The molecule has 2 rings (SSSR count). The quantitative estimate of drug-likeness (QED) is 0.719. The first-order valence-corrected chi connectivity index (χ1v) is 5.28. The highest BCUT2D eigenvalue weighted by atomic mass is 32.1. The van der Waals surface area contributed by atoms with Gasteiger partial charge in [0.25, 0.3) is 0 Å². The minimum Gasteiger partial charge on any atom is -0.361 e. The van der Waals surface area contributed by atoms with Crippen LogP contribution in [-0.2, 0) is 0 Å². The lowest BCUT2D eigenvalue weighted by Gasteiger charge is -2.09. The predicted octanol–water partition coefficient (Wildman–Crippen LogP) is 2.37. The topological polar surface area (TPSA) is 29.0 Å². The molecular weight excluding hydrogens is 194 g/mol. The third-order valence-electron chi connectivity index (χ3n) is 2.18. The predicted molar refractivity (Wildman–Crippen MR) is 61.2 cm³/mol. The molecule has 0 fully saturated rings. The van der Waals surface area contributed by atoms with Gasteiger partial charge in [-0.05, 0) is 37.0 Å². The molecule has 14 heavy (non-hydrogen) atoms. The van der Waals surface area contributed by atoms with Crippen LogP contribution in [0.2, 0.25) is 0 Å². The molecule has 0 amide bonds. The Bertz CT molecular complexity index is 473. The molecule has 2 aromatic heterocycles. The standard InChI is InChI=1S/C10H13N3S/c1-6-5-7(2)11-10-8(6)9(12-14-10)13(3)4/h5H,1-4H3. The molecule has 0 aliphatic carbocycles. The Hall–Kier alpha value is -1.16. The molecule has 0 radical (unpaired) electrons. The molecule has 0 spiro atoms. The molecule has 0 N–H and O–H groups in total. The van der Waals surface area contributed by atoms with E-state index in [0.29, 0.717) is 0 Å². The summed E-state index contributed by atoms with van der Waals surface area (Å²) >= 11 is 1.47. The summed E-state index contributed by atoms with van der Waals surface area (Å²) in [6.07, 6.45) is 0. The first kappa shape index (κ1) is 9.40. The van der Waals surface area contributed by atoms with E-state index in [2.05, 4.69) is 22.3 Å². The summed E-state index contributed by atoms with van der Waals surface area (Å²) in [6.45, 7) is 4.12. The number of aromatic nitrogens is 2. The Morgan fingerprint density at radius 2 is 2.00 bits per heavy atom. The van der Waals surface area contributed by atoms with Gasteiger partial charge in [0.15, 0.2) is 5.82 Å². The van der Waals surface area contributed by atoms with E-state index in [4.69, 9.17) is 0 Å². The van der Waals surface area contributed by atoms with E-state index < -0.39 is 0 Å². The van der Waals surface area contributed by atoms with Crippen LogP contribution in [0.15, 0.2) is 6.07 Å². The summed E-state index contributed by atoms with van der Waals surface area (Å²) in [5.41, 5.74) is 2.31. The third kappa shape index (κ3) is 1.35. The highest BCUT2D eigenvalue weighted by Crippen LogP contribution is 2.30. The average molecular weight is 207 g/mol. The number of pyridine rings is 1. The number of aryl methyl sites for hydroxylation is 2. The second-order valence-corrected chi connectivity index (χ2v) is 4.41. The summed E-state index contributed by atoms with van der Waals surface area (Å²) in [4.78, 5) is 7.53. The van der Waals surface area contributed by atoms with Gasteiger partial charge in [-0.2, -0.15) is 4.37 Å². The molecule has 0 saturated carbocycles. The molecule has 0 unspecified atom stereocenters. The number of fused-ring (bicyclic) bond motifs is 1. The van der Waals surface area contributed by atoms with Crippen molar-refractivity contribution >= 4 is 27.6 Å². The van der Waals surface area contributed by atoms with Crippen molar-refractivity contribution in [2.45, 2.75) is 13.8 Å². The minimum atomic E-state index is 1.02. The summed E-state index contributed by atoms with van der Waals surface area (Å²) in [5.74, 6) is 1.02. The van der Waals surface area contributed by atoms with Crippen LogP contribution in [0.1, 0.15) is 11.3 Å². The molecule has 0 aliphatic rings. The second-order valence-electron chi connectivity index (χ2n) is 3.66. The molecular formula is C10H13N3S. The fourth-order valence-electron chi connectivity index (χ4n) is 1.58. The Morgan fingerprint density at radius 1 is 1.29 bits per heavy atom. The van der Waals surface area contributed by atoms with Gasteiger partial charge in [-0.1, -0.05) is 0 Å². The van der Waals surface area contributed by atoms with E-state index in [1.54, 1.807) is 0 Å². The normalized spacial score (nSPS) is 10.9. The number of rotatable bonds is 1. The molecule has 0 bridgehead atoms. The van der Waals surface area contributed by atoms with Crippen LogP contribution < -0.4 is 4.90 Å². The zero-order valence-corrected chi connectivity index (χ0v) is 9.64. The lowest BCUT2D eigenvalue weighted by molar-refractivity contribution is 1.11. The van der Waals surface area contributed by atoms with Gasteiger partial charge < -0.3 is 4.90 Å². The van der Waals surface area contributed by atoms with Crippen molar-refractivity contribution in [1.29, 1.82) is 0 Å². The zero-order valence-electron chi connectivity index (χ0n) is 8.83. The van der Waals surface area contributed by atoms with Crippen molar-refractivity contribution in [2.24, 2.45) is 0 Å². The van der Waals surface area contributed by atoms with Crippen LogP contribution in [0.3, 0.4) is 0 Å². The van der Waals surface area contributed by atoms with Gasteiger partial charge in [0, 0.05) is 19.8 Å². The molecule has 3 nitrogen and oxygen atoms in total. The van der Waals surface area contributed by atoms with Crippen molar-refractivity contribution in [3.05, 3.63) is 17.3 Å². The van der Waals surface area contributed by atoms with Crippen LogP contribution in [0, 0.1) is 13.8 Å². The van der Waals surface area contributed by atoms with Crippen LogP contribution >= 0.6 is 11.5 Å². The molecule has 0 aromatic carbocycles. The number of hydrogen-bond acceptors (Lipinski definition) is 4. The smallest absolute Gasteiger partial charge is 0.151 e. The Balaban J connectivity index is 2.79. The molecule has 2 aromatic rings. The Kier molecular flexibility index (Phi) is 2.15. The lowest BCUT2D eigenvalue weighted by atomic mass is 10.2. The van der Waals surface area contributed by atoms with E-state index >= 15 is 0 Å². The Labute approximate surface area is 87.6 Å². The van der Waals surface area contributed by atoms with E-state index in [-0.39, 0.29) is 0 Å². The van der Waals surface area contributed by atoms with Crippen LogP contribution in [-0.4, -0.2) is 23.5 Å². The zero-order chi connectivity index (χ0) is 10.3. The SMILES string of the molecule is Cc1cc(C)c2c(N(C)C)nsc2n1. The van der Waals surface area contributed by atoms with E-state index in [1.165, 1.54) is 22.5 Å². The van der Waals surface area contributed by atoms with Crippen LogP contribution in [0.25, 0.3) is 10.2 Å². The van der Waals surface area contributed by atoms with Gasteiger partial charge >= 0.3 is 0 Å². The van der Waals surface area contributed by atoms with Gasteiger partial charge in [-0.25, -0.2) is 4.98 Å². The first-order chi connectivity index (χ1) is 6.59. The summed E-state index contributed by atoms with van der Waals surface area (Å²) in [7, 11) is 4.02. The monoisotopic (exact) mass is 207 g/mol. The van der Waals surface area contributed by atoms with E-state index in [9.17, 15) is 0 Å². The summed E-state index contributed by atoms with van der Waals surface area (Å²) in [6, 6.07) is 2.10. The van der Waals surface area contributed by atoms with E-state index in [0.717, 1.165) is 16.3 Å². The van der Waals surface area contributed by atoms with Crippen LogP contribution in [0.4, 0.5) is 5.82 Å². The molecule has 0 saturated heterocycles. The van der Waals surface area contributed by atoms with Gasteiger partial charge in [0.1, 0.15) is 4.83 Å². The largest absolute Gasteiger partial charge is 0.361 e. The van der Waals surface area contributed by atoms with Crippen molar-refractivity contribution in [3.63, 3.8) is 0 Å². The molecule has 74 valence electrons. The van der Waals surface area contributed by atoms with Crippen LogP contribution in [0.5, 0.6) is 0 Å². The molecule has 0 aliphatic heterocycles. The van der Waals surface area contributed by atoms with E-state index in [1.807, 2.05) is 25.9 Å². The molecule has 2 heterocycles. The molecule has 0 atom stereocenters. The maximum Gasteiger partial charge on any atom is 0.151 e.